The third-order valence-corrected chi connectivity index (χ3v) is 5.42. The Morgan fingerprint density at radius 1 is 1.00 bits per heavy atom. The van der Waals surface area contributed by atoms with Crippen molar-refractivity contribution in [3.05, 3.63) is 76.4 Å². The monoisotopic (exact) mass is 440 g/mol. The van der Waals surface area contributed by atoms with E-state index in [1.54, 1.807) is 24.3 Å². The second-order valence-corrected chi connectivity index (χ2v) is 8.20. The summed E-state index contributed by atoms with van der Waals surface area (Å²) in [4.78, 5) is 30.1. The molecule has 6 heteroatoms. The number of ether oxygens (including phenoxy) is 1. The van der Waals surface area contributed by atoms with Gasteiger partial charge in [-0.25, -0.2) is 0 Å². The van der Waals surface area contributed by atoms with Gasteiger partial charge in [0.2, 0.25) is 0 Å². The number of halogens is 1. The predicted molar refractivity (Wildman–Crippen MR) is 123 cm³/mol. The number of nitrogens with zero attached hydrogens (tertiary/aromatic N) is 2. The Labute approximate surface area is 189 Å². The molecule has 1 aliphatic heterocycles. The lowest BCUT2D eigenvalue weighted by Gasteiger charge is -2.25. The number of carbonyl (C=O) groups is 2. The van der Waals surface area contributed by atoms with E-state index in [-0.39, 0.29) is 17.9 Å². The number of hydrogen-bond donors (Lipinski definition) is 0. The third kappa shape index (κ3) is 5.54. The minimum absolute atomic E-state index is 0.116. The lowest BCUT2D eigenvalue weighted by Crippen LogP contribution is -2.36. The van der Waals surface area contributed by atoms with E-state index in [9.17, 15) is 9.59 Å². The van der Waals surface area contributed by atoms with Gasteiger partial charge in [-0.2, -0.15) is 0 Å². The van der Waals surface area contributed by atoms with Crippen molar-refractivity contribution in [3.8, 4) is 0 Å². The molecule has 2 amide bonds. The molecule has 0 spiro atoms. The SMILES string of the molecule is CCN(Cc1ccccc1)C1=C(c2ccc(Cl)cc2)C(=O)N(CCCOC(C)C)C1=O. The first-order valence-corrected chi connectivity index (χ1v) is 11.1. The zero-order valence-corrected chi connectivity index (χ0v) is 19.1. The van der Waals surface area contributed by atoms with E-state index in [1.807, 2.05) is 56.0 Å². The van der Waals surface area contributed by atoms with Gasteiger partial charge in [0, 0.05) is 31.3 Å². The van der Waals surface area contributed by atoms with Gasteiger partial charge in [0.1, 0.15) is 5.70 Å². The number of benzene rings is 2. The van der Waals surface area contributed by atoms with Gasteiger partial charge in [-0.05, 0) is 50.5 Å². The fourth-order valence-electron chi connectivity index (χ4n) is 3.63. The quantitative estimate of drug-likeness (QED) is 0.395. The van der Waals surface area contributed by atoms with E-state index in [4.69, 9.17) is 16.3 Å². The highest BCUT2D eigenvalue weighted by Crippen LogP contribution is 2.33. The molecule has 0 aromatic heterocycles. The number of imide groups is 1. The molecule has 164 valence electrons. The summed E-state index contributed by atoms with van der Waals surface area (Å²) in [7, 11) is 0. The molecule has 0 saturated heterocycles. The number of carbonyl (C=O) groups excluding carboxylic acids is 2. The van der Waals surface area contributed by atoms with Crippen molar-refractivity contribution < 1.29 is 14.3 Å². The lowest BCUT2D eigenvalue weighted by molar-refractivity contribution is -0.137. The molecule has 1 aliphatic rings. The maximum absolute atomic E-state index is 13.4. The Bertz CT molecular complexity index is 939. The van der Waals surface area contributed by atoms with Crippen LogP contribution in [-0.2, 0) is 20.9 Å². The van der Waals surface area contributed by atoms with E-state index < -0.39 is 0 Å². The zero-order chi connectivity index (χ0) is 22.4. The van der Waals surface area contributed by atoms with Gasteiger partial charge < -0.3 is 9.64 Å². The molecule has 2 aromatic rings. The summed E-state index contributed by atoms with van der Waals surface area (Å²) >= 11 is 6.05. The van der Waals surface area contributed by atoms with Crippen LogP contribution in [0.2, 0.25) is 5.02 Å². The highest BCUT2D eigenvalue weighted by Gasteiger charge is 2.40. The van der Waals surface area contributed by atoms with Gasteiger partial charge in [-0.1, -0.05) is 54.1 Å². The Hall–Kier alpha value is -2.63. The topological polar surface area (TPSA) is 49.9 Å². The van der Waals surface area contributed by atoms with Gasteiger partial charge in [-0.15, -0.1) is 0 Å². The molecule has 31 heavy (non-hydrogen) atoms. The third-order valence-electron chi connectivity index (χ3n) is 5.17. The number of hydrogen-bond acceptors (Lipinski definition) is 4. The first-order valence-electron chi connectivity index (χ1n) is 10.7. The van der Waals surface area contributed by atoms with E-state index in [0.29, 0.717) is 54.5 Å². The zero-order valence-electron chi connectivity index (χ0n) is 18.3. The van der Waals surface area contributed by atoms with Crippen molar-refractivity contribution >= 4 is 29.0 Å². The van der Waals surface area contributed by atoms with Crippen molar-refractivity contribution in [3.63, 3.8) is 0 Å². The Morgan fingerprint density at radius 2 is 1.68 bits per heavy atom. The molecule has 5 nitrogen and oxygen atoms in total. The van der Waals surface area contributed by atoms with Gasteiger partial charge in [0.15, 0.2) is 0 Å². The van der Waals surface area contributed by atoms with Crippen LogP contribution >= 0.6 is 11.6 Å². The standard InChI is InChI=1S/C25H29ClN2O3/c1-4-27(17-19-9-6-5-7-10-19)23-22(20-11-13-21(26)14-12-20)24(29)28(25(23)30)15-8-16-31-18(2)3/h5-7,9-14,18H,4,8,15-17H2,1-3H3. The fraction of sp³-hybridized carbons (Fsp3) is 0.360. The molecule has 3 rings (SSSR count). The summed E-state index contributed by atoms with van der Waals surface area (Å²) in [6, 6.07) is 17.0. The summed E-state index contributed by atoms with van der Waals surface area (Å²) in [5.41, 5.74) is 2.66. The van der Waals surface area contributed by atoms with Crippen molar-refractivity contribution in [1.29, 1.82) is 0 Å². The molecular weight excluding hydrogens is 412 g/mol. The summed E-state index contributed by atoms with van der Waals surface area (Å²) in [6.45, 7) is 7.90. The summed E-state index contributed by atoms with van der Waals surface area (Å²) in [5, 5.41) is 0.585. The maximum Gasteiger partial charge on any atom is 0.277 e. The largest absolute Gasteiger partial charge is 0.379 e. The molecular formula is C25H29ClN2O3. The average molecular weight is 441 g/mol. The molecule has 0 fully saturated rings. The molecule has 0 atom stereocenters. The van der Waals surface area contributed by atoms with E-state index >= 15 is 0 Å². The normalized spacial score (nSPS) is 14.2. The highest BCUT2D eigenvalue weighted by molar-refractivity contribution is 6.36. The molecule has 0 aliphatic carbocycles. The molecule has 0 bridgehead atoms. The van der Waals surface area contributed by atoms with Crippen LogP contribution in [0.1, 0.15) is 38.3 Å². The van der Waals surface area contributed by atoms with Crippen LogP contribution in [0.5, 0.6) is 0 Å². The summed E-state index contributed by atoms with van der Waals surface area (Å²) in [5.74, 6) is -0.518. The molecule has 0 radical (unpaired) electrons. The fourth-order valence-corrected chi connectivity index (χ4v) is 3.76. The van der Waals surface area contributed by atoms with Crippen molar-refractivity contribution in [1.82, 2.24) is 9.80 Å². The Kier molecular flexibility index (Phi) is 7.88. The molecule has 0 saturated carbocycles. The Morgan fingerprint density at radius 3 is 2.29 bits per heavy atom. The summed E-state index contributed by atoms with van der Waals surface area (Å²) in [6.07, 6.45) is 0.714. The number of rotatable bonds is 10. The molecule has 0 N–H and O–H groups in total. The van der Waals surface area contributed by atoms with Crippen LogP contribution in [0.4, 0.5) is 0 Å². The van der Waals surface area contributed by atoms with E-state index in [1.165, 1.54) is 4.90 Å². The lowest BCUT2D eigenvalue weighted by atomic mass is 10.0. The van der Waals surface area contributed by atoms with Crippen molar-refractivity contribution in [2.75, 3.05) is 19.7 Å². The minimum Gasteiger partial charge on any atom is -0.379 e. The van der Waals surface area contributed by atoms with Crippen molar-refractivity contribution in [2.24, 2.45) is 0 Å². The molecule has 2 aromatic carbocycles. The van der Waals surface area contributed by atoms with Crippen LogP contribution in [-0.4, -0.2) is 47.4 Å². The second kappa shape index (κ2) is 10.6. The first kappa shape index (κ1) is 23.0. The second-order valence-electron chi connectivity index (χ2n) is 7.77. The smallest absolute Gasteiger partial charge is 0.277 e. The average Bonchev–Trinajstić information content (AvgIpc) is 3.00. The maximum atomic E-state index is 13.4. The predicted octanol–water partition coefficient (Wildman–Crippen LogP) is 4.76. The van der Waals surface area contributed by atoms with Gasteiger partial charge in [0.05, 0.1) is 11.7 Å². The van der Waals surface area contributed by atoms with Crippen LogP contribution in [0.25, 0.3) is 5.57 Å². The van der Waals surface area contributed by atoms with Gasteiger partial charge >= 0.3 is 0 Å². The van der Waals surface area contributed by atoms with Crippen LogP contribution in [0.15, 0.2) is 60.3 Å². The van der Waals surface area contributed by atoms with Crippen LogP contribution in [0.3, 0.4) is 0 Å². The van der Waals surface area contributed by atoms with Gasteiger partial charge in [0.25, 0.3) is 11.8 Å². The Balaban J connectivity index is 1.93. The minimum atomic E-state index is -0.265. The van der Waals surface area contributed by atoms with Crippen LogP contribution < -0.4 is 0 Å². The van der Waals surface area contributed by atoms with E-state index in [0.717, 1.165) is 5.56 Å². The van der Waals surface area contributed by atoms with Crippen LogP contribution in [0, 0.1) is 0 Å². The first-order chi connectivity index (χ1) is 14.9. The molecule has 1 heterocycles. The molecule has 0 unspecified atom stereocenters. The number of amides is 2. The van der Waals surface area contributed by atoms with Crippen molar-refractivity contribution in [2.45, 2.75) is 39.8 Å². The summed E-state index contributed by atoms with van der Waals surface area (Å²) < 4.78 is 5.58. The highest BCUT2D eigenvalue weighted by atomic mass is 35.5. The van der Waals surface area contributed by atoms with Gasteiger partial charge in [-0.3, -0.25) is 14.5 Å². The van der Waals surface area contributed by atoms with E-state index in [2.05, 4.69) is 0 Å². The number of likely N-dealkylation sites (N-methyl/N-ethyl adjacent to an activating group) is 1.